The van der Waals surface area contributed by atoms with E-state index in [0.29, 0.717) is 17.0 Å². The highest BCUT2D eigenvalue weighted by molar-refractivity contribution is 7.13. The second-order valence-electron chi connectivity index (χ2n) is 3.70. The van der Waals surface area contributed by atoms with Crippen molar-refractivity contribution < 1.29 is 9.90 Å². The first-order chi connectivity index (χ1) is 8.08. The fourth-order valence-electron chi connectivity index (χ4n) is 1.53. The van der Waals surface area contributed by atoms with Gasteiger partial charge < -0.3 is 9.67 Å². The van der Waals surface area contributed by atoms with Crippen LogP contribution in [0.1, 0.15) is 20.1 Å². The number of hydrogen-bond donors (Lipinski definition) is 1. The van der Waals surface area contributed by atoms with Gasteiger partial charge in [-0.1, -0.05) is 6.07 Å². The Labute approximate surface area is 102 Å². The zero-order valence-corrected chi connectivity index (χ0v) is 10.0. The maximum absolute atomic E-state index is 11.8. The van der Waals surface area contributed by atoms with E-state index < -0.39 is 5.97 Å². The number of hydrogen-bond acceptors (Lipinski definition) is 3. The lowest BCUT2D eigenvalue weighted by molar-refractivity contribution is 0.0702. The van der Waals surface area contributed by atoms with E-state index in [1.807, 2.05) is 6.07 Å². The Morgan fingerprint density at radius 2 is 2.18 bits per heavy atom. The fraction of sp³-hybridized carbons (Fsp3) is 0.167. The van der Waals surface area contributed by atoms with Crippen LogP contribution in [0.2, 0.25) is 0 Å². The number of carboxylic acid groups (broad SMARTS) is 1. The van der Waals surface area contributed by atoms with E-state index in [9.17, 15) is 9.59 Å². The van der Waals surface area contributed by atoms with E-state index in [1.165, 1.54) is 11.3 Å². The minimum Gasteiger partial charge on any atom is -0.477 e. The Kier molecular flexibility index (Phi) is 3.10. The molecule has 0 unspecified atom stereocenters. The normalized spacial score (nSPS) is 10.4. The summed E-state index contributed by atoms with van der Waals surface area (Å²) in [5.41, 5.74) is 0.639. The van der Waals surface area contributed by atoms with Crippen molar-refractivity contribution >= 4 is 17.3 Å². The number of aromatic nitrogens is 1. The van der Waals surface area contributed by atoms with Gasteiger partial charge in [0.25, 0.3) is 5.56 Å². The van der Waals surface area contributed by atoms with E-state index in [1.54, 1.807) is 35.9 Å². The van der Waals surface area contributed by atoms with Gasteiger partial charge in [0.15, 0.2) is 0 Å². The maximum Gasteiger partial charge on any atom is 0.345 e. The van der Waals surface area contributed by atoms with Gasteiger partial charge in [-0.25, -0.2) is 4.79 Å². The highest BCUT2D eigenvalue weighted by atomic mass is 32.1. The number of rotatable bonds is 3. The van der Waals surface area contributed by atoms with E-state index >= 15 is 0 Å². The Morgan fingerprint density at radius 1 is 1.41 bits per heavy atom. The van der Waals surface area contributed by atoms with Gasteiger partial charge in [0.2, 0.25) is 0 Å². The summed E-state index contributed by atoms with van der Waals surface area (Å²) in [4.78, 5) is 23.6. The molecule has 17 heavy (non-hydrogen) atoms. The van der Waals surface area contributed by atoms with Gasteiger partial charge in [-0.2, -0.15) is 0 Å². The average Bonchev–Trinajstić information content (AvgIpc) is 2.73. The van der Waals surface area contributed by atoms with E-state index in [2.05, 4.69) is 0 Å². The van der Waals surface area contributed by atoms with Crippen LogP contribution >= 0.6 is 11.3 Å². The van der Waals surface area contributed by atoms with E-state index in [-0.39, 0.29) is 5.56 Å². The summed E-state index contributed by atoms with van der Waals surface area (Å²) >= 11 is 1.19. The highest BCUT2D eigenvalue weighted by Crippen LogP contribution is 2.17. The summed E-state index contributed by atoms with van der Waals surface area (Å²) < 4.78 is 1.58. The molecule has 0 bridgehead atoms. The van der Waals surface area contributed by atoms with Gasteiger partial charge in [-0.15, -0.1) is 11.3 Å². The van der Waals surface area contributed by atoms with Crippen LogP contribution in [0.4, 0.5) is 0 Å². The monoisotopic (exact) mass is 249 g/mol. The van der Waals surface area contributed by atoms with Gasteiger partial charge in [0.05, 0.1) is 6.54 Å². The molecule has 0 aliphatic rings. The Hall–Kier alpha value is -1.88. The van der Waals surface area contributed by atoms with Crippen molar-refractivity contribution in [3.05, 3.63) is 56.1 Å². The third-order valence-corrected chi connectivity index (χ3v) is 3.47. The molecule has 0 saturated heterocycles. The molecule has 88 valence electrons. The largest absolute Gasteiger partial charge is 0.477 e. The number of aryl methyl sites for hydroxylation is 1. The maximum atomic E-state index is 11.8. The molecule has 2 aromatic heterocycles. The first-order valence-electron chi connectivity index (χ1n) is 5.06. The number of carboxylic acids is 1. The van der Waals surface area contributed by atoms with Crippen molar-refractivity contribution in [1.82, 2.24) is 4.57 Å². The number of nitrogens with zero attached hydrogens (tertiary/aromatic N) is 1. The van der Waals surface area contributed by atoms with Crippen LogP contribution in [0.15, 0.2) is 35.3 Å². The number of aromatic carboxylic acids is 1. The molecule has 0 amide bonds. The highest BCUT2D eigenvalue weighted by Gasteiger charge is 2.07. The van der Waals surface area contributed by atoms with Crippen molar-refractivity contribution in [2.45, 2.75) is 13.5 Å². The molecule has 4 nitrogen and oxygen atoms in total. The lowest BCUT2D eigenvalue weighted by Crippen LogP contribution is -2.21. The quantitative estimate of drug-likeness (QED) is 0.904. The molecule has 0 spiro atoms. The summed E-state index contributed by atoms with van der Waals surface area (Å²) in [6.45, 7) is 2.17. The standard InChI is InChI=1S/C12H11NO3S/c1-8-3-2-6-13(11(8)14)7-9-4-5-10(17-9)12(15)16/h2-6H,7H2,1H3,(H,15,16). The lowest BCUT2D eigenvalue weighted by Gasteiger charge is -2.03. The molecule has 0 atom stereocenters. The Morgan fingerprint density at radius 3 is 2.82 bits per heavy atom. The van der Waals surface area contributed by atoms with Crippen molar-refractivity contribution in [2.24, 2.45) is 0 Å². The van der Waals surface area contributed by atoms with Crippen molar-refractivity contribution in [1.29, 1.82) is 0 Å². The smallest absolute Gasteiger partial charge is 0.345 e. The molecule has 1 N–H and O–H groups in total. The molecule has 5 heteroatoms. The van der Waals surface area contributed by atoms with Crippen molar-refractivity contribution in [2.75, 3.05) is 0 Å². The molecule has 0 saturated carbocycles. The second-order valence-corrected chi connectivity index (χ2v) is 4.86. The molecular formula is C12H11NO3S. The molecular weight excluding hydrogens is 238 g/mol. The van der Waals surface area contributed by atoms with Gasteiger partial charge in [0, 0.05) is 16.6 Å². The third-order valence-electron chi connectivity index (χ3n) is 2.41. The number of carbonyl (C=O) groups is 1. The summed E-state index contributed by atoms with van der Waals surface area (Å²) in [7, 11) is 0. The predicted octanol–water partition coefficient (Wildman–Crippen LogP) is 1.96. The summed E-state index contributed by atoms with van der Waals surface area (Å²) in [5, 5.41) is 8.80. The molecule has 0 aliphatic carbocycles. The van der Waals surface area contributed by atoms with E-state index in [0.717, 1.165) is 4.88 Å². The lowest BCUT2D eigenvalue weighted by atomic mass is 10.3. The second kappa shape index (κ2) is 4.55. The zero-order chi connectivity index (χ0) is 12.4. The molecule has 0 aliphatic heterocycles. The van der Waals surface area contributed by atoms with Gasteiger partial charge in [-0.3, -0.25) is 4.79 Å². The number of pyridine rings is 1. The van der Waals surface area contributed by atoms with Crippen LogP contribution in [0, 0.1) is 6.92 Å². The molecule has 0 fully saturated rings. The van der Waals surface area contributed by atoms with Crippen LogP contribution in [-0.2, 0) is 6.54 Å². The van der Waals surface area contributed by atoms with Gasteiger partial charge in [-0.05, 0) is 25.1 Å². The first-order valence-corrected chi connectivity index (χ1v) is 5.87. The molecule has 2 rings (SSSR count). The minimum absolute atomic E-state index is 0.0437. The van der Waals surface area contributed by atoms with Crippen LogP contribution in [-0.4, -0.2) is 15.6 Å². The first kappa shape index (κ1) is 11.6. The fourth-order valence-corrected chi connectivity index (χ4v) is 2.37. The van der Waals surface area contributed by atoms with Crippen molar-refractivity contribution in [3.63, 3.8) is 0 Å². The zero-order valence-electron chi connectivity index (χ0n) is 9.21. The topological polar surface area (TPSA) is 59.3 Å². The summed E-state index contributed by atoms with van der Waals surface area (Å²) in [5.74, 6) is -0.933. The summed E-state index contributed by atoms with van der Waals surface area (Å²) in [6.07, 6.45) is 1.70. The van der Waals surface area contributed by atoms with Crippen LogP contribution in [0.5, 0.6) is 0 Å². The van der Waals surface area contributed by atoms with Crippen molar-refractivity contribution in [3.8, 4) is 0 Å². The SMILES string of the molecule is Cc1cccn(Cc2ccc(C(=O)O)s2)c1=O. The summed E-state index contributed by atoms with van der Waals surface area (Å²) in [6, 6.07) is 6.87. The van der Waals surface area contributed by atoms with Gasteiger partial charge >= 0.3 is 5.97 Å². The molecule has 2 heterocycles. The van der Waals surface area contributed by atoms with Gasteiger partial charge in [0.1, 0.15) is 4.88 Å². The van der Waals surface area contributed by atoms with Crippen LogP contribution in [0.3, 0.4) is 0 Å². The number of thiophene rings is 1. The minimum atomic E-state index is -0.933. The predicted molar refractivity (Wildman–Crippen MR) is 65.8 cm³/mol. The van der Waals surface area contributed by atoms with Crippen LogP contribution in [0.25, 0.3) is 0 Å². The molecule has 2 aromatic rings. The average molecular weight is 249 g/mol. The molecule has 0 radical (unpaired) electrons. The molecule has 0 aromatic carbocycles. The van der Waals surface area contributed by atoms with Crippen LogP contribution < -0.4 is 5.56 Å². The van der Waals surface area contributed by atoms with E-state index in [4.69, 9.17) is 5.11 Å². The third kappa shape index (κ3) is 2.45. The Bertz CT molecular complexity index is 612. The Balaban J connectivity index is 2.28.